The van der Waals surface area contributed by atoms with E-state index in [1.165, 1.54) is 29.3 Å². The molecule has 136 valence electrons. The van der Waals surface area contributed by atoms with Gasteiger partial charge in [-0.1, -0.05) is 23.7 Å². The van der Waals surface area contributed by atoms with E-state index in [0.29, 0.717) is 6.54 Å². The second kappa shape index (κ2) is 6.78. The summed E-state index contributed by atoms with van der Waals surface area (Å²) in [5, 5.41) is 9.33. The van der Waals surface area contributed by atoms with Gasteiger partial charge < -0.3 is 10.3 Å². The summed E-state index contributed by atoms with van der Waals surface area (Å²) in [7, 11) is 0. The molecule has 0 saturated heterocycles. The van der Waals surface area contributed by atoms with E-state index < -0.39 is 0 Å². The van der Waals surface area contributed by atoms with E-state index in [1.807, 2.05) is 16.8 Å². The Labute approximate surface area is 157 Å². The van der Waals surface area contributed by atoms with Crippen molar-refractivity contribution in [1.29, 1.82) is 0 Å². The Morgan fingerprint density at radius 1 is 1.38 bits per heavy atom. The van der Waals surface area contributed by atoms with Crippen molar-refractivity contribution in [3.05, 3.63) is 51.9 Å². The Kier molecular flexibility index (Phi) is 4.46. The van der Waals surface area contributed by atoms with Gasteiger partial charge in [-0.25, -0.2) is 0 Å². The van der Waals surface area contributed by atoms with Crippen LogP contribution in [-0.4, -0.2) is 32.1 Å². The first kappa shape index (κ1) is 17.1. The number of aromatic amines is 1. The van der Waals surface area contributed by atoms with Crippen molar-refractivity contribution in [1.82, 2.24) is 25.0 Å². The highest BCUT2D eigenvalue weighted by molar-refractivity contribution is 6.35. The molecular formula is C19H22ClN5O. The van der Waals surface area contributed by atoms with Gasteiger partial charge in [0.15, 0.2) is 0 Å². The number of aromatic nitrogens is 3. The zero-order valence-electron chi connectivity index (χ0n) is 15.0. The quantitative estimate of drug-likeness (QED) is 0.741. The predicted octanol–water partition coefficient (Wildman–Crippen LogP) is 2.98. The fourth-order valence-electron chi connectivity index (χ4n) is 3.57. The number of nitrogens with zero attached hydrogens (tertiary/aromatic N) is 3. The van der Waals surface area contributed by atoms with Crippen LogP contribution in [-0.2, 0) is 31.0 Å². The van der Waals surface area contributed by atoms with Crippen molar-refractivity contribution >= 4 is 28.4 Å². The monoisotopic (exact) mass is 371 g/mol. The van der Waals surface area contributed by atoms with Gasteiger partial charge in [-0.15, -0.1) is 0 Å². The molecule has 0 saturated carbocycles. The van der Waals surface area contributed by atoms with Crippen molar-refractivity contribution in [2.45, 2.75) is 40.0 Å². The van der Waals surface area contributed by atoms with Crippen molar-refractivity contribution < 1.29 is 4.79 Å². The van der Waals surface area contributed by atoms with Crippen LogP contribution >= 0.6 is 11.6 Å². The van der Waals surface area contributed by atoms with Gasteiger partial charge >= 0.3 is 0 Å². The van der Waals surface area contributed by atoms with Crippen molar-refractivity contribution in [2.24, 2.45) is 0 Å². The lowest BCUT2D eigenvalue weighted by molar-refractivity contribution is -0.119. The van der Waals surface area contributed by atoms with E-state index in [9.17, 15) is 4.79 Å². The van der Waals surface area contributed by atoms with Crippen LogP contribution in [0, 0.1) is 6.92 Å². The molecule has 1 amide bonds. The highest BCUT2D eigenvalue weighted by atomic mass is 35.5. The van der Waals surface area contributed by atoms with Crippen molar-refractivity contribution in [2.75, 3.05) is 6.54 Å². The summed E-state index contributed by atoms with van der Waals surface area (Å²) in [5.74, 6) is -0.0365. The summed E-state index contributed by atoms with van der Waals surface area (Å²) in [6.45, 7) is 7.64. The van der Waals surface area contributed by atoms with E-state index in [0.717, 1.165) is 42.4 Å². The molecule has 1 aliphatic rings. The van der Waals surface area contributed by atoms with Crippen LogP contribution in [0.4, 0.5) is 0 Å². The van der Waals surface area contributed by atoms with Crippen LogP contribution in [0.5, 0.6) is 0 Å². The molecule has 0 atom stereocenters. The van der Waals surface area contributed by atoms with E-state index in [-0.39, 0.29) is 5.91 Å². The van der Waals surface area contributed by atoms with Crippen LogP contribution in [0.2, 0.25) is 5.02 Å². The predicted molar refractivity (Wildman–Crippen MR) is 102 cm³/mol. The number of nitrogens with one attached hydrogen (secondary N) is 2. The van der Waals surface area contributed by atoms with E-state index >= 15 is 0 Å². The molecule has 0 bridgehead atoms. The smallest absolute Gasteiger partial charge is 0.217 e. The normalized spacial score (nSPS) is 14.6. The fraction of sp³-hybridized carbons (Fsp3) is 0.368. The third kappa shape index (κ3) is 3.22. The minimum absolute atomic E-state index is 0.0365. The molecule has 0 radical (unpaired) electrons. The molecule has 3 heterocycles. The molecule has 26 heavy (non-hydrogen) atoms. The summed E-state index contributed by atoms with van der Waals surface area (Å²) in [5.41, 5.74) is 5.57. The van der Waals surface area contributed by atoms with Gasteiger partial charge in [-0.05, 0) is 24.6 Å². The lowest BCUT2D eigenvalue weighted by Gasteiger charge is -2.27. The largest absolute Gasteiger partial charge is 0.356 e. The van der Waals surface area contributed by atoms with Crippen molar-refractivity contribution in [3.8, 4) is 0 Å². The second-order valence-electron chi connectivity index (χ2n) is 6.86. The number of fused-ring (bicyclic) bond motifs is 2. The Hall–Kier alpha value is -2.31. The summed E-state index contributed by atoms with van der Waals surface area (Å²) in [6.07, 6.45) is 0. The van der Waals surface area contributed by atoms with Crippen LogP contribution in [0.3, 0.4) is 0 Å². The average Bonchev–Trinajstić information content (AvgIpc) is 3.15. The zero-order valence-corrected chi connectivity index (χ0v) is 15.7. The number of carbonyl (C=O) groups is 1. The third-order valence-corrected chi connectivity index (χ3v) is 5.29. The molecule has 2 N–H and O–H groups in total. The molecule has 0 unspecified atom stereocenters. The zero-order chi connectivity index (χ0) is 18.3. The van der Waals surface area contributed by atoms with E-state index in [4.69, 9.17) is 11.6 Å². The maximum absolute atomic E-state index is 11.1. The van der Waals surface area contributed by atoms with Gasteiger partial charge in [0.05, 0.1) is 35.0 Å². The van der Waals surface area contributed by atoms with Crippen LogP contribution < -0.4 is 5.32 Å². The molecule has 2 aromatic heterocycles. The van der Waals surface area contributed by atoms with Crippen molar-refractivity contribution in [3.63, 3.8) is 0 Å². The maximum atomic E-state index is 11.1. The molecule has 1 aliphatic heterocycles. The second-order valence-corrected chi connectivity index (χ2v) is 7.27. The van der Waals surface area contributed by atoms with Gasteiger partial charge in [0.25, 0.3) is 0 Å². The molecule has 0 fully saturated rings. The first-order valence-electron chi connectivity index (χ1n) is 8.79. The van der Waals surface area contributed by atoms with Crippen LogP contribution in [0.15, 0.2) is 24.3 Å². The van der Waals surface area contributed by atoms with Crippen LogP contribution in [0.1, 0.15) is 29.6 Å². The molecular weight excluding hydrogens is 350 g/mol. The Bertz CT molecular complexity index is 974. The number of para-hydroxylation sites is 1. The topological polar surface area (TPSA) is 66.0 Å². The van der Waals surface area contributed by atoms with E-state index in [1.54, 1.807) is 0 Å². The first-order valence-corrected chi connectivity index (χ1v) is 9.17. The number of H-pyrrole nitrogens is 1. The minimum atomic E-state index is -0.0365. The fourth-order valence-corrected chi connectivity index (χ4v) is 3.79. The Morgan fingerprint density at radius 3 is 3.00 bits per heavy atom. The summed E-state index contributed by atoms with van der Waals surface area (Å²) in [6, 6.07) is 8.10. The molecule has 0 spiro atoms. The van der Waals surface area contributed by atoms with Gasteiger partial charge in [0.2, 0.25) is 5.91 Å². The Morgan fingerprint density at radius 2 is 2.23 bits per heavy atom. The summed E-state index contributed by atoms with van der Waals surface area (Å²) < 4.78 is 2.04. The molecule has 7 heteroatoms. The SMILES string of the molecule is CC(=O)NCc1cc2n(n1)CCN(Cc1[nH]c3c(Cl)cccc3c1C)C2. The van der Waals surface area contributed by atoms with Gasteiger partial charge in [-0.3, -0.25) is 14.4 Å². The number of halogens is 1. The Balaban J connectivity index is 1.50. The number of carbonyl (C=O) groups excluding carboxylic acids is 1. The number of hydrogen-bond donors (Lipinski definition) is 2. The van der Waals surface area contributed by atoms with Gasteiger partial charge in [0.1, 0.15) is 0 Å². The van der Waals surface area contributed by atoms with Gasteiger partial charge in [-0.2, -0.15) is 5.10 Å². The first-order chi connectivity index (χ1) is 12.5. The lowest BCUT2D eigenvalue weighted by Crippen LogP contribution is -2.33. The number of aryl methyl sites for hydroxylation is 1. The number of benzene rings is 1. The standard InChI is InChI=1S/C19H22ClN5O/c1-12-16-4-3-5-17(20)19(16)22-18(12)11-24-6-7-25-15(10-24)8-14(23-25)9-21-13(2)26/h3-5,8,22H,6-7,9-11H2,1-2H3,(H,21,26). The number of amides is 1. The highest BCUT2D eigenvalue weighted by Crippen LogP contribution is 2.28. The third-order valence-electron chi connectivity index (χ3n) is 4.97. The maximum Gasteiger partial charge on any atom is 0.217 e. The number of hydrogen-bond acceptors (Lipinski definition) is 3. The summed E-state index contributed by atoms with van der Waals surface area (Å²) in [4.78, 5) is 17.0. The number of rotatable bonds is 4. The molecule has 0 aliphatic carbocycles. The molecule has 6 nitrogen and oxygen atoms in total. The molecule has 4 rings (SSSR count). The van der Waals surface area contributed by atoms with Gasteiger partial charge in [0, 0.05) is 37.6 Å². The average molecular weight is 372 g/mol. The summed E-state index contributed by atoms with van der Waals surface area (Å²) >= 11 is 6.32. The lowest BCUT2D eigenvalue weighted by atomic mass is 10.1. The van der Waals surface area contributed by atoms with Crippen LogP contribution in [0.25, 0.3) is 10.9 Å². The highest BCUT2D eigenvalue weighted by Gasteiger charge is 2.20. The molecule has 1 aromatic carbocycles. The minimum Gasteiger partial charge on any atom is -0.356 e. The molecule has 3 aromatic rings. The van der Waals surface area contributed by atoms with E-state index in [2.05, 4.69) is 39.4 Å².